The van der Waals surface area contributed by atoms with E-state index in [2.05, 4.69) is 9.98 Å². The van der Waals surface area contributed by atoms with Gasteiger partial charge < -0.3 is 24.8 Å². The maximum Gasteiger partial charge on any atom is 0.189 e. The number of nitrogens with zero attached hydrogens (tertiary/aromatic N) is 3. The van der Waals surface area contributed by atoms with Gasteiger partial charge in [0.15, 0.2) is 11.6 Å². The Labute approximate surface area is 231 Å². The van der Waals surface area contributed by atoms with E-state index in [1.807, 2.05) is 0 Å². The number of Topliss-reactive ketones (excluding diaryl/α,β-unsaturated/α-hetero) is 1. The van der Waals surface area contributed by atoms with E-state index in [0.29, 0.717) is 49.3 Å². The zero-order valence-electron chi connectivity index (χ0n) is 20.4. The van der Waals surface area contributed by atoms with E-state index in [1.54, 1.807) is 12.3 Å². The Bertz CT molecular complexity index is 1690. The molecular weight excluding hydrogens is 549 g/mol. The van der Waals surface area contributed by atoms with E-state index in [1.165, 1.54) is 13.2 Å². The van der Waals surface area contributed by atoms with Crippen molar-refractivity contribution in [1.29, 1.82) is 0 Å². The smallest absolute Gasteiger partial charge is 0.189 e. The summed E-state index contributed by atoms with van der Waals surface area (Å²) in [6, 6.07) is 0. The quantitative estimate of drug-likeness (QED) is 0.446. The Morgan fingerprint density at radius 2 is 1.90 bits per heavy atom. The van der Waals surface area contributed by atoms with Gasteiger partial charge in [-0.2, -0.15) is 0 Å². The number of ether oxygens (including phenoxy) is 2. The molecule has 10 nitrogen and oxygen atoms in total. The molecule has 6 atom stereocenters. The van der Waals surface area contributed by atoms with Gasteiger partial charge in [-0.3, -0.25) is 9.59 Å². The lowest BCUT2D eigenvalue weighted by molar-refractivity contribution is -0.243. The molecule has 7 rings (SSSR count). The molecule has 0 spiro atoms. The van der Waals surface area contributed by atoms with Crippen LogP contribution in [0.3, 0.4) is 0 Å². The van der Waals surface area contributed by atoms with Gasteiger partial charge in [0.05, 0.1) is 35.9 Å². The van der Waals surface area contributed by atoms with Crippen molar-refractivity contribution in [2.45, 2.75) is 43.4 Å². The molecule has 0 amide bonds. The fraction of sp³-hybridized carbons (Fsp3) is 0.370. The maximum atomic E-state index is 12.7. The van der Waals surface area contributed by atoms with E-state index >= 15 is 0 Å². The highest BCUT2D eigenvalue weighted by molar-refractivity contribution is 6.71. The SMILES string of the molecule is COC1C(CO)OC(C2CC3=C(C=C2Cl)N=c2c4c(c5c(c23)C(Cl)=NC=5)C2=CC(=O)CC(=O)C2=N4)C(O)C1O. The molecule has 0 radical (unpaired) electrons. The summed E-state index contributed by atoms with van der Waals surface area (Å²) in [5.74, 6) is -1.23. The van der Waals surface area contributed by atoms with Crippen LogP contribution in [0.2, 0.25) is 0 Å². The van der Waals surface area contributed by atoms with Crippen LogP contribution in [0.25, 0.3) is 17.3 Å². The number of halogens is 2. The number of carbonyl (C=O) groups is 2. The van der Waals surface area contributed by atoms with Crippen LogP contribution in [-0.2, 0) is 19.1 Å². The molecule has 0 bridgehead atoms. The number of aliphatic hydroxyl groups is 3. The monoisotopic (exact) mass is 569 g/mol. The largest absolute Gasteiger partial charge is 0.394 e. The van der Waals surface area contributed by atoms with Crippen LogP contribution in [-0.4, -0.2) is 82.0 Å². The van der Waals surface area contributed by atoms with Gasteiger partial charge in [-0.05, 0) is 24.1 Å². The molecule has 0 aromatic heterocycles. The van der Waals surface area contributed by atoms with Gasteiger partial charge in [0.1, 0.15) is 35.3 Å². The van der Waals surface area contributed by atoms with Crippen LogP contribution >= 0.6 is 23.2 Å². The maximum absolute atomic E-state index is 12.7. The summed E-state index contributed by atoms with van der Waals surface area (Å²) in [6.07, 6.45) is -0.603. The summed E-state index contributed by atoms with van der Waals surface area (Å²) in [5.41, 5.74) is 4.38. The topological polar surface area (TPSA) is 150 Å². The van der Waals surface area contributed by atoms with Crippen molar-refractivity contribution in [3.63, 3.8) is 0 Å². The van der Waals surface area contributed by atoms with Crippen LogP contribution in [0, 0.1) is 5.92 Å². The van der Waals surface area contributed by atoms with E-state index in [-0.39, 0.29) is 35.3 Å². The Morgan fingerprint density at radius 1 is 1.10 bits per heavy atom. The summed E-state index contributed by atoms with van der Waals surface area (Å²) in [7, 11) is 1.37. The number of aliphatic imine (C=N–C) groups is 2. The standard InChI is InChI=1S/C27H21Cl2N3O7/c1-38-26-16(7-33)39-25(23(36)24(26)37)9-4-10-14(5-13(9)28)31-22-18(10)19-12(6-30-27(19)29)17-11-2-8(34)3-15(35)20(11)32-21(17)22/h2,5-6,9,16,23-26,33,36-37H,3-4,7H2,1H3. The lowest BCUT2D eigenvalue weighted by Crippen LogP contribution is -2.61. The first kappa shape index (κ1) is 25.2. The van der Waals surface area contributed by atoms with E-state index in [9.17, 15) is 24.9 Å². The van der Waals surface area contributed by atoms with Crippen molar-refractivity contribution in [3.8, 4) is 0 Å². The Kier molecular flexibility index (Phi) is 5.70. The van der Waals surface area contributed by atoms with E-state index in [0.717, 1.165) is 5.57 Å². The molecule has 1 fully saturated rings. The van der Waals surface area contributed by atoms with Gasteiger partial charge in [-0.25, -0.2) is 15.0 Å². The number of allylic oxidation sites excluding steroid dienone is 4. The molecule has 4 aliphatic heterocycles. The number of fused-ring (bicyclic) bond motifs is 9. The summed E-state index contributed by atoms with van der Waals surface area (Å²) < 4.78 is 11.3. The van der Waals surface area contributed by atoms with E-state index in [4.69, 9.17) is 37.7 Å². The van der Waals surface area contributed by atoms with Crippen molar-refractivity contribution in [2.24, 2.45) is 20.9 Å². The molecule has 12 heteroatoms. The first-order valence-electron chi connectivity index (χ1n) is 12.4. The summed E-state index contributed by atoms with van der Waals surface area (Å²) >= 11 is 13.3. The highest BCUT2D eigenvalue weighted by atomic mass is 35.5. The highest BCUT2D eigenvalue weighted by Gasteiger charge is 2.49. The van der Waals surface area contributed by atoms with Crippen molar-refractivity contribution in [1.82, 2.24) is 0 Å². The molecule has 3 N–H and O–H groups in total. The molecule has 200 valence electrons. The number of aliphatic hydroxyl groups excluding tert-OH is 3. The summed E-state index contributed by atoms with van der Waals surface area (Å²) in [4.78, 5) is 38.7. The minimum atomic E-state index is -1.33. The minimum Gasteiger partial charge on any atom is -0.394 e. The number of benzene rings is 1. The van der Waals surface area contributed by atoms with Gasteiger partial charge >= 0.3 is 0 Å². The Balaban J connectivity index is 1.35. The minimum absolute atomic E-state index is 0.221. The van der Waals surface area contributed by atoms with E-state index < -0.39 is 43.0 Å². The molecule has 0 saturated carbocycles. The summed E-state index contributed by atoms with van der Waals surface area (Å²) in [6.45, 7) is -0.419. The number of hydrogen-bond donors (Lipinski definition) is 3. The number of carbonyl (C=O) groups excluding carboxylic acids is 2. The van der Waals surface area contributed by atoms with Crippen molar-refractivity contribution >= 4 is 68.7 Å². The second-order valence-corrected chi connectivity index (χ2v) is 11.0. The molecule has 1 aromatic carbocycles. The average molecular weight is 570 g/mol. The van der Waals surface area contributed by atoms with Crippen molar-refractivity contribution in [2.75, 3.05) is 13.7 Å². The second kappa shape index (κ2) is 8.84. The number of rotatable bonds is 3. The third-order valence-electron chi connectivity index (χ3n) is 8.12. The van der Waals surface area contributed by atoms with Gasteiger partial charge in [-0.15, -0.1) is 0 Å². The molecular formula is C27H21Cl2N3O7. The third kappa shape index (κ3) is 3.43. The van der Waals surface area contributed by atoms with Crippen molar-refractivity contribution in [3.05, 3.63) is 50.1 Å². The molecule has 1 saturated heterocycles. The lowest BCUT2D eigenvalue weighted by atomic mass is 9.79. The molecule has 6 unspecified atom stereocenters. The molecule has 6 aliphatic rings. The molecule has 39 heavy (non-hydrogen) atoms. The predicted molar refractivity (Wildman–Crippen MR) is 141 cm³/mol. The molecule has 4 heterocycles. The normalized spacial score (nSPS) is 32.3. The summed E-state index contributed by atoms with van der Waals surface area (Å²) in [5, 5.41) is 33.3. The Morgan fingerprint density at radius 3 is 2.64 bits per heavy atom. The number of hydrogen-bond acceptors (Lipinski definition) is 10. The zero-order valence-corrected chi connectivity index (χ0v) is 21.9. The first-order valence-corrected chi connectivity index (χ1v) is 13.1. The fourth-order valence-corrected chi connectivity index (χ4v) is 6.91. The van der Waals surface area contributed by atoms with Crippen molar-refractivity contribution < 1.29 is 34.4 Å². The predicted octanol–water partition coefficient (Wildman–Crippen LogP) is 0.418. The van der Waals surface area contributed by atoms with Crippen LogP contribution in [0.15, 0.2) is 37.9 Å². The zero-order chi connectivity index (χ0) is 27.3. The van der Waals surface area contributed by atoms with Gasteiger partial charge in [0.25, 0.3) is 0 Å². The van der Waals surface area contributed by atoms with Gasteiger partial charge in [0.2, 0.25) is 0 Å². The van der Waals surface area contributed by atoms with Crippen LogP contribution < -0.4 is 10.6 Å². The third-order valence-corrected chi connectivity index (χ3v) is 8.79. The van der Waals surface area contributed by atoms with Gasteiger partial charge in [-0.1, -0.05) is 23.2 Å². The fourth-order valence-electron chi connectivity index (χ4n) is 6.36. The highest BCUT2D eigenvalue weighted by Crippen LogP contribution is 2.46. The molecule has 1 aromatic rings. The average Bonchev–Trinajstić information content (AvgIpc) is 3.58. The van der Waals surface area contributed by atoms with Crippen LogP contribution in [0.5, 0.6) is 0 Å². The number of ketones is 2. The van der Waals surface area contributed by atoms with Crippen LogP contribution in [0.4, 0.5) is 5.69 Å². The van der Waals surface area contributed by atoms with Crippen LogP contribution in [0.1, 0.15) is 29.5 Å². The second-order valence-electron chi connectivity index (χ2n) is 10.2. The van der Waals surface area contributed by atoms with Gasteiger partial charge in [0, 0.05) is 51.7 Å². The first-order chi connectivity index (χ1) is 18.7. The lowest BCUT2D eigenvalue weighted by Gasteiger charge is -2.45. The number of methoxy groups -OCH3 is 1. The molecule has 2 aliphatic carbocycles. The Hall–Kier alpha value is -2.83.